The Labute approximate surface area is 218 Å². The SMILES string of the molecule is COc1cc([C@@H]2[C@H]3CCCC[C@]3(O)CCN2CC(=O)Nc2cccc3ccccc23)cc(OC)c1OC. The molecule has 7 nitrogen and oxygen atoms in total. The Hall–Kier alpha value is -3.29. The molecule has 1 saturated heterocycles. The van der Waals surface area contributed by atoms with Gasteiger partial charge in [0.1, 0.15) is 0 Å². The number of hydrogen-bond acceptors (Lipinski definition) is 6. The number of rotatable bonds is 7. The molecule has 0 aromatic heterocycles. The van der Waals surface area contributed by atoms with Crippen molar-refractivity contribution in [2.75, 3.05) is 39.7 Å². The third-order valence-corrected chi connectivity index (χ3v) is 8.11. The molecule has 0 bridgehead atoms. The molecule has 1 aliphatic carbocycles. The summed E-state index contributed by atoms with van der Waals surface area (Å²) in [6.45, 7) is 0.842. The predicted octanol–water partition coefficient (Wildman–Crippen LogP) is 5.17. The van der Waals surface area contributed by atoms with E-state index in [-0.39, 0.29) is 24.4 Å². The van der Waals surface area contributed by atoms with E-state index in [0.717, 1.165) is 47.7 Å². The van der Waals surface area contributed by atoms with E-state index < -0.39 is 5.60 Å². The smallest absolute Gasteiger partial charge is 0.238 e. The molecule has 1 amide bonds. The largest absolute Gasteiger partial charge is 0.493 e. The van der Waals surface area contributed by atoms with Crippen LogP contribution in [0.3, 0.4) is 0 Å². The first-order valence-corrected chi connectivity index (χ1v) is 13.0. The highest BCUT2D eigenvalue weighted by molar-refractivity contribution is 6.02. The summed E-state index contributed by atoms with van der Waals surface area (Å²) in [4.78, 5) is 15.6. The molecule has 7 heteroatoms. The maximum Gasteiger partial charge on any atom is 0.238 e. The fourth-order valence-corrected chi connectivity index (χ4v) is 6.34. The van der Waals surface area contributed by atoms with Crippen molar-refractivity contribution >= 4 is 22.4 Å². The summed E-state index contributed by atoms with van der Waals surface area (Å²) in [5.74, 6) is 1.60. The predicted molar refractivity (Wildman–Crippen MR) is 145 cm³/mol. The van der Waals surface area contributed by atoms with Crippen LogP contribution in [0, 0.1) is 5.92 Å². The molecule has 5 rings (SSSR count). The summed E-state index contributed by atoms with van der Waals surface area (Å²) in [5, 5.41) is 16.9. The number of aliphatic hydroxyl groups is 1. The van der Waals surface area contributed by atoms with Gasteiger partial charge in [-0.1, -0.05) is 49.2 Å². The lowest BCUT2D eigenvalue weighted by atomic mass is 9.66. The van der Waals surface area contributed by atoms with Crippen LogP contribution >= 0.6 is 0 Å². The summed E-state index contributed by atoms with van der Waals surface area (Å²) in [7, 11) is 4.80. The second kappa shape index (κ2) is 10.6. The number of nitrogens with zero attached hydrogens (tertiary/aromatic N) is 1. The molecular weight excluding hydrogens is 468 g/mol. The highest BCUT2D eigenvalue weighted by atomic mass is 16.5. The van der Waals surface area contributed by atoms with E-state index in [4.69, 9.17) is 14.2 Å². The van der Waals surface area contributed by atoms with E-state index in [9.17, 15) is 9.90 Å². The number of piperidine rings is 1. The van der Waals surface area contributed by atoms with Crippen LogP contribution in [0.5, 0.6) is 17.2 Å². The Balaban J connectivity index is 1.48. The monoisotopic (exact) mass is 504 g/mol. The third kappa shape index (κ3) is 4.86. The standard InChI is InChI=1S/C30H36N2O5/c1-35-25-17-21(18-26(36-2)29(25)37-3)28-23-12-6-7-14-30(23,34)15-16-32(28)19-27(33)31-24-13-8-10-20-9-4-5-11-22(20)24/h4-5,8-11,13,17-18,23,28,34H,6-7,12,14-16,19H2,1-3H3,(H,31,33)/t23-,28-,30+/m1/s1. The van der Waals surface area contributed by atoms with Crippen LogP contribution in [0.15, 0.2) is 54.6 Å². The minimum Gasteiger partial charge on any atom is -0.493 e. The summed E-state index contributed by atoms with van der Waals surface area (Å²) in [6.07, 6.45) is 4.43. The number of nitrogens with one attached hydrogen (secondary N) is 1. The number of anilines is 1. The van der Waals surface area contributed by atoms with E-state index >= 15 is 0 Å². The number of amides is 1. The molecule has 0 unspecified atom stereocenters. The van der Waals surface area contributed by atoms with Crippen LogP contribution in [0.25, 0.3) is 10.8 Å². The zero-order chi connectivity index (χ0) is 26.0. The van der Waals surface area contributed by atoms with Gasteiger partial charge in [0.2, 0.25) is 11.7 Å². The zero-order valence-corrected chi connectivity index (χ0v) is 21.8. The van der Waals surface area contributed by atoms with Gasteiger partial charge in [0.05, 0.1) is 33.5 Å². The number of carbonyl (C=O) groups excluding carboxylic acids is 1. The van der Waals surface area contributed by atoms with Gasteiger partial charge in [-0.25, -0.2) is 0 Å². The number of carbonyl (C=O) groups is 1. The molecule has 1 heterocycles. The maximum atomic E-state index is 13.4. The molecule has 2 N–H and O–H groups in total. The van der Waals surface area contributed by atoms with Crippen molar-refractivity contribution in [1.82, 2.24) is 4.90 Å². The van der Waals surface area contributed by atoms with Crippen LogP contribution in [0.2, 0.25) is 0 Å². The van der Waals surface area contributed by atoms with Crippen molar-refractivity contribution in [3.63, 3.8) is 0 Å². The molecule has 1 aliphatic heterocycles. The number of hydrogen-bond donors (Lipinski definition) is 2. The Bertz CT molecular complexity index is 1250. The fraction of sp³-hybridized carbons (Fsp3) is 0.433. The van der Waals surface area contributed by atoms with Crippen molar-refractivity contribution in [2.45, 2.75) is 43.7 Å². The van der Waals surface area contributed by atoms with Crippen molar-refractivity contribution in [3.8, 4) is 17.2 Å². The molecular formula is C30H36N2O5. The number of benzene rings is 3. The molecule has 2 fully saturated rings. The van der Waals surface area contributed by atoms with Gasteiger partial charge in [0.15, 0.2) is 11.5 Å². The third-order valence-electron chi connectivity index (χ3n) is 8.11. The summed E-state index contributed by atoms with van der Waals surface area (Å²) in [5.41, 5.74) is 1.02. The maximum absolute atomic E-state index is 13.4. The number of methoxy groups -OCH3 is 3. The zero-order valence-electron chi connectivity index (χ0n) is 21.8. The first-order chi connectivity index (χ1) is 18.0. The van der Waals surface area contributed by atoms with Gasteiger partial charge in [0, 0.05) is 29.6 Å². The van der Waals surface area contributed by atoms with Crippen molar-refractivity contribution < 1.29 is 24.1 Å². The molecule has 196 valence electrons. The molecule has 3 atom stereocenters. The molecule has 3 aromatic carbocycles. The second-order valence-electron chi connectivity index (χ2n) is 10.2. The molecule has 0 radical (unpaired) electrons. The highest BCUT2D eigenvalue weighted by Gasteiger charge is 2.49. The number of likely N-dealkylation sites (tertiary alicyclic amines) is 1. The first-order valence-electron chi connectivity index (χ1n) is 13.0. The topological polar surface area (TPSA) is 80.3 Å². The molecule has 1 saturated carbocycles. The normalized spacial score (nSPS) is 23.8. The van der Waals surface area contributed by atoms with Gasteiger partial charge in [0.25, 0.3) is 0 Å². The fourth-order valence-electron chi connectivity index (χ4n) is 6.34. The Morgan fingerprint density at radius 2 is 1.73 bits per heavy atom. The van der Waals surface area contributed by atoms with Gasteiger partial charge in [-0.3, -0.25) is 9.69 Å². The van der Waals surface area contributed by atoms with Gasteiger partial charge in [-0.15, -0.1) is 0 Å². The molecule has 0 spiro atoms. The van der Waals surface area contributed by atoms with Crippen LogP contribution in [-0.2, 0) is 4.79 Å². The van der Waals surface area contributed by atoms with E-state index in [1.807, 2.05) is 54.6 Å². The van der Waals surface area contributed by atoms with Crippen LogP contribution < -0.4 is 19.5 Å². The van der Waals surface area contributed by atoms with E-state index in [0.29, 0.717) is 30.2 Å². The van der Waals surface area contributed by atoms with Crippen molar-refractivity contribution in [3.05, 3.63) is 60.2 Å². The molecule has 3 aromatic rings. The van der Waals surface area contributed by atoms with Gasteiger partial charge in [-0.05, 0) is 48.4 Å². The van der Waals surface area contributed by atoms with Gasteiger partial charge < -0.3 is 24.6 Å². The minimum absolute atomic E-state index is 0.00293. The average molecular weight is 505 g/mol. The lowest BCUT2D eigenvalue weighted by Crippen LogP contribution is -2.56. The Morgan fingerprint density at radius 1 is 1.00 bits per heavy atom. The van der Waals surface area contributed by atoms with Crippen LogP contribution in [0.4, 0.5) is 5.69 Å². The number of ether oxygens (including phenoxy) is 3. The minimum atomic E-state index is -0.744. The summed E-state index contributed by atoms with van der Waals surface area (Å²) in [6, 6.07) is 17.7. The highest BCUT2D eigenvalue weighted by Crippen LogP contribution is 2.51. The van der Waals surface area contributed by atoms with E-state index in [2.05, 4.69) is 10.2 Å². The molecule has 2 aliphatic rings. The summed E-state index contributed by atoms with van der Waals surface area (Å²) < 4.78 is 16.8. The Morgan fingerprint density at radius 3 is 2.46 bits per heavy atom. The van der Waals surface area contributed by atoms with Crippen molar-refractivity contribution in [2.24, 2.45) is 5.92 Å². The quantitative estimate of drug-likeness (QED) is 0.462. The van der Waals surface area contributed by atoms with Crippen LogP contribution in [0.1, 0.15) is 43.7 Å². The summed E-state index contributed by atoms with van der Waals surface area (Å²) >= 11 is 0. The van der Waals surface area contributed by atoms with Crippen LogP contribution in [-0.4, -0.2) is 55.9 Å². The molecule has 37 heavy (non-hydrogen) atoms. The van der Waals surface area contributed by atoms with Gasteiger partial charge in [-0.2, -0.15) is 0 Å². The second-order valence-corrected chi connectivity index (χ2v) is 10.2. The lowest BCUT2D eigenvalue weighted by molar-refractivity contribution is -0.135. The van der Waals surface area contributed by atoms with Gasteiger partial charge >= 0.3 is 0 Å². The first kappa shape index (κ1) is 25.4. The van der Waals surface area contributed by atoms with E-state index in [1.165, 1.54) is 0 Å². The lowest BCUT2D eigenvalue weighted by Gasteiger charge is -2.52. The number of fused-ring (bicyclic) bond motifs is 2. The average Bonchev–Trinajstić information content (AvgIpc) is 2.92. The Kier molecular flexibility index (Phi) is 7.26. The van der Waals surface area contributed by atoms with Crippen molar-refractivity contribution in [1.29, 1.82) is 0 Å². The van der Waals surface area contributed by atoms with E-state index in [1.54, 1.807) is 21.3 Å².